The van der Waals surface area contributed by atoms with Gasteiger partial charge >= 0.3 is 0 Å². The topological polar surface area (TPSA) is 55.4 Å². The van der Waals surface area contributed by atoms with E-state index >= 15 is 0 Å². The number of rotatable bonds is 5. The first-order chi connectivity index (χ1) is 8.98. The fraction of sp³-hybridized carbons (Fsp3) is 0.231. The fourth-order valence-electron chi connectivity index (χ4n) is 1.61. The molecular formula is C13H15NO3S2. The van der Waals surface area contributed by atoms with Crippen LogP contribution in [0.1, 0.15) is 4.88 Å². The molecule has 4 nitrogen and oxygen atoms in total. The molecule has 0 saturated heterocycles. The second-order valence-electron chi connectivity index (χ2n) is 4.12. The molecule has 2 rings (SSSR count). The Balaban J connectivity index is 2.11. The summed E-state index contributed by atoms with van der Waals surface area (Å²) in [5, 5.41) is 2.01. The number of sulfonamides is 1. The highest BCUT2D eigenvalue weighted by molar-refractivity contribution is 7.88. The molecule has 0 fully saturated rings. The van der Waals surface area contributed by atoms with Gasteiger partial charge in [0.05, 0.1) is 13.4 Å². The number of hydrogen-bond donors (Lipinski definition) is 1. The van der Waals surface area contributed by atoms with Crippen LogP contribution in [0.4, 0.5) is 0 Å². The van der Waals surface area contributed by atoms with Crippen LogP contribution in [-0.4, -0.2) is 21.8 Å². The van der Waals surface area contributed by atoms with Gasteiger partial charge in [0, 0.05) is 11.4 Å². The average molecular weight is 297 g/mol. The Bertz CT molecular complexity index is 645. The maximum atomic E-state index is 11.0. The molecule has 1 aromatic carbocycles. The SMILES string of the molecule is COc1ccc(-c2csc(CNS(C)(=O)=O)c2)cc1. The molecule has 1 heterocycles. The van der Waals surface area contributed by atoms with E-state index in [4.69, 9.17) is 4.74 Å². The Morgan fingerprint density at radius 1 is 1.21 bits per heavy atom. The van der Waals surface area contributed by atoms with Crippen LogP contribution in [0, 0.1) is 0 Å². The van der Waals surface area contributed by atoms with Gasteiger partial charge < -0.3 is 4.74 Å². The van der Waals surface area contributed by atoms with Crippen molar-refractivity contribution in [2.75, 3.05) is 13.4 Å². The first-order valence-corrected chi connectivity index (χ1v) is 8.41. The molecule has 0 aliphatic rings. The van der Waals surface area contributed by atoms with E-state index in [0.29, 0.717) is 6.54 Å². The first kappa shape index (κ1) is 14.0. The highest BCUT2D eigenvalue weighted by Gasteiger charge is 2.05. The van der Waals surface area contributed by atoms with Gasteiger partial charge in [-0.15, -0.1) is 11.3 Å². The van der Waals surface area contributed by atoms with E-state index in [1.54, 1.807) is 7.11 Å². The quantitative estimate of drug-likeness (QED) is 0.922. The van der Waals surface area contributed by atoms with Crippen molar-refractivity contribution in [2.45, 2.75) is 6.54 Å². The summed E-state index contributed by atoms with van der Waals surface area (Å²) < 4.78 is 29.7. The Hall–Kier alpha value is -1.37. The molecule has 0 radical (unpaired) electrons. The van der Waals surface area contributed by atoms with Crippen LogP contribution in [-0.2, 0) is 16.6 Å². The van der Waals surface area contributed by atoms with Crippen LogP contribution < -0.4 is 9.46 Å². The van der Waals surface area contributed by atoms with Gasteiger partial charge in [0.1, 0.15) is 5.75 Å². The minimum Gasteiger partial charge on any atom is -0.497 e. The van der Waals surface area contributed by atoms with Gasteiger partial charge in [-0.25, -0.2) is 13.1 Å². The van der Waals surface area contributed by atoms with Crippen molar-refractivity contribution in [1.82, 2.24) is 4.72 Å². The van der Waals surface area contributed by atoms with Crippen molar-refractivity contribution in [3.8, 4) is 16.9 Å². The number of ether oxygens (including phenoxy) is 1. The molecule has 1 aromatic heterocycles. The van der Waals surface area contributed by atoms with E-state index in [-0.39, 0.29) is 0 Å². The van der Waals surface area contributed by atoms with Gasteiger partial charge in [-0.1, -0.05) is 12.1 Å². The monoisotopic (exact) mass is 297 g/mol. The fourth-order valence-corrected chi connectivity index (χ4v) is 2.95. The molecule has 19 heavy (non-hydrogen) atoms. The van der Waals surface area contributed by atoms with E-state index in [1.807, 2.05) is 35.7 Å². The molecule has 0 aliphatic carbocycles. The maximum absolute atomic E-state index is 11.0. The Morgan fingerprint density at radius 2 is 1.89 bits per heavy atom. The summed E-state index contributed by atoms with van der Waals surface area (Å²) in [7, 11) is -1.51. The van der Waals surface area contributed by atoms with Crippen molar-refractivity contribution in [1.29, 1.82) is 0 Å². The normalized spacial score (nSPS) is 11.5. The van der Waals surface area contributed by atoms with Crippen LogP contribution in [0.2, 0.25) is 0 Å². The molecule has 1 N–H and O–H groups in total. The van der Waals surface area contributed by atoms with Crippen molar-refractivity contribution in [3.63, 3.8) is 0 Å². The lowest BCUT2D eigenvalue weighted by Gasteiger charge is -2.01. The largest absolute Gasteiger partial charge is 0.497 e. The number of methoxy groups -OCH3 is 1. The molecular weight excluding hydrogens is 282 g/mol. The standard InChI is InChI=1S/C13H15NO3S2/c1-17-12-5-3-10(4-6-12)11-7-13(18-9-11)8-14-19(2,15)16/h3-7,9,14H,8H2,1-2H3. The zero-order chi connectivity index (χ0) is 13.9. The van der Waals surface area contributed by atoms with Gasteiger partial charge in [-0.3, -0.25) is 0 Å². The highest BCUT2D eigenvalue weighted by atomic mass is 32.2. The van der Waals surface area contributed by atoms with Crippen molar-refractivity contribution in [3.05, 3.63) is 40.6 Å². The van der Waals surface area contributed by atoms with E-state index in [0.717, 1.165) is 28.0 Å². The third-order valence-electron chi connectivity index (χ3n) is 2.59. The third-order valence-corrected chi connectivity index (χ3v) is 4.19. The highest BCUT2D eigenvalue weighted by Crippen LogP contribution is 2.27. The molecule has 0 bridgehead atoms. The Kier molecular flexibility index (Phi) is 4.24. The Morgan fingerprint density at radius 3 is 2.47 bits per heavy atom. The van der Waals surface area contributed by atoms with Crippen molar-refractivity contribution in [2.24, 2.45) is 0 Å². The molecule has 6 heteroatoms. The molecule has 102 valence electrons. The summed E-state index contributed by atoms with van der Waals surface area (Å²) in [6.07, 6.45) is 1.16. The molecule has 0 atom stereocenters. The summed E-state index contributed by atoms with van der Waals surface area (Å²) in [6.45, 7) is 0.333. The number of hydrogen-bond acceptors (Lipinski definition) is 4. The first-order valence-electron chi connectivity index (χ1n) is 5.64. The Labute approximate surface area is 117 Å². The second kappa shape index (κ2) is 5.73. The second-order valence-corrected chi connectivity index (χ2v) is 6.95. The maximum Gasteiger partial charge on any atom is 0.209 e. The summed E-state index contributed by atoms with van der Waals surface area (Å²) in [6, 6.07) is 9.76. The van der Waals surface area contributed by atoms with Gasteiger partial charge in [0.2, 0.25) is 10.0 Å². The number of benzene rings is 1. The molecule has 0 amide bonds. The van der Waals surface area contributed by atoms with E-state index in [1.165, 1.54) is 11.3 Å². The van der Waals surface area contributed by atoms with Crippen LogP contribution in [0.25, 0.3) is 11.1 Å². The third kappa shape index (κ3) is 4.05. The predicted octanol–water partition coefficient (Wildman–Crippen LogP) is 2.47. The summed E-state index contributed by atoms with van der Waals surface area (Å²) in [5.41, 5.74) is 2.17. The van der Waals surface area contributed by atoms with E-state index < -0.39 is 10.0 Å². The number of nitrogens with one attached hydrogen (secondary N) is 1. The minimum absolute atomic E-state index is 0.333. The average Bonchev–Trinajstić information content (AvgIpc) is 2.84. The van der Waals surface area contributed by atoms with Crippen LogP contribution in [0.5, 0.6) is 5.75 Å². The van der Waals surface area contributed by atoms with Gasteiger partial charge in [0.25, 0.3) is 0 Å². The van der Waals surface area contributed by atoms with Gasteiger partial charge in [-0.05, 0) is 34.7 Å². The zero-order valence-electron chi connectivity index (χ0n) is 10.7. The van der Waals surface area contributed by atoms with Crippen LogP contribution >= 0.6 is 11.3 Å². The predicted molar refractivity (Wildman–Crippen MR) is 78.0 cm³/mol. The summed E-state index contributed by atoms with van der Waals surface area (Å²) in [5.74, 6) is 0.818. The minimum atomic E-state index is -3.15. The lowest BCUT2D eigenvalue weighted by atomic mass is 10.1. The van der Waals surface area contributed by atoms with Gasteiger partial charge in [-0.2, -0.15) is 0 Å². The summed E-state index contributed by atoms with van der Waals surface area (Å²) >= 11 is 1.54. The lowest BCUT2D eigenvalue weighted by molar-refractivity contribution is 0.415. The summed E-state index contributed by atoms with van der Waals surface area (Å²) in [4.78, 5) is 0.983. The van der Waals surface area contributed by atoms with E-state index in [2.05, 4.69) is 4.72 Å². The lowest BCUT2D eigenvalue weighted by Crippen LogP contribution is -2.20. The van der Waals surface area contributed by atoms with Gasteiger partial charge in [0.15, 0.2) is 0 Å². The smallest absolute Gasteiger partial charge is 0.209 e. The van der Waals surface area contributed by atoms with E-state index in [9.17, 15) is 8.42 Å². The number of thiophene rings is 1. The molecule has 0 spiro atoms. The van der Waals surface area contributed by atoms with Crippen molar-refractivity contribution >= 4 is 21.4 Å². The zero-order valence-corrected chi connectivity index (χ0v) is 12.3. The molecule has 2 aromatic rings. The van der Waals surface area contributed by atoms with Crippen LogP contribution in [0.3, 0.4) is 0 Å². The van der Waals surface area contributed by atoms with Crippen molar-refractivity contribution < 1.29 is 13.2 Å². The molecule has 0 saturated carbocycles. The van der Waals surface area contributed by atoms with Crippen LogP contribution in [0.15, 0.2) is 35.7 Å². The molecule has 0 unspecified atom stereocenters. The molecule has 0 aliphatic heterocycles.